The van der Waals surface area contributed by atoms with E-state index in [4.69, 9.17) is 0 Å². The molecule has 72 valence electrons. The normalized spacial score (nSPS) is 23.0. The van der Waals surface area contributed by atoms with Gasteiger partial charge in [-0.15, -0.1) is 0 Å². The van der Waals surface area contributed by atoms with E-state index in [1.165, 1.54) is 32.1 Å². The molecule has 0 unspecified atom stereocenters. The van der Waals surface area contributed by atoms with Gasteiger partial charge in [-0.1, -0.05) is 19.3 Å². The third kappa shape index (κ3) is 2.46. The zero-order chi connectivity index (χ0) is 9.03. The fourth-order valence-corrected chi connectivity index (χ4v) is 2.34. The van der Waals surface area contributed by atoms with E-state index in [2.05, 4.69) is 19.0 Å². The molecule has 0 radical (unpaired) electrons. The van der Waals surface area contributed by atoms with Gasteiger partial charge in [-0.3, -0.25) is 0 Å². The molecule has 0 saturated heterocycles. The molecule has 0 aromatic heterocycles. The molecule has 1 rings (SSSR count). The van der Waals surface area contributed by atoms with Crippen LogP contribution in [0.3, 0.4) is 0 Å². The third-order valence-electron chi connectivity index (χ3n) is 2.90. The molecular weight excluding hydrogens is 150 g/mol. The van der Waals surface area contributed by atoms with Crippen LogP contribution in [0.5, 0.6) is 0 Å². The van der Waals surface area contributed by atoms with E-state index in [9.17, 15) is 5.11 Å². The molecule has 1 fully saturated rings. The smallest absolute Gasteiger partial charge is 0.0499 e. The average Bonchev–Trinajstić information content (AvgIpc) is 2.05. The molecule has 1 aliphatic carbocycles. The van der Waals surface area contributed by atoms with Gasteiger partial charge in [0.15, 0.2) is 0 Å². The minimum Gasteiger partial charge on any atom is -0.396 e. The molecule has 0 aliphatic heterocycles. The monoisotopic (exact) mass is 171 g/mol. The highest BCUT2D eigenvalue weighted by atomic mass is 16.3. The fourth-order valence-electron chi connectivity index (χ4n) is 2.34. The lowest BCUT2D eigenvalue weighted by Gasteiger charge is -2.37. The van der Waals surface area contributed by atoms with Crippen LogP contribution in [0, 0.1) is 5.41 Å². The van der Waals surface area contributed by atoms with Gasteiger partial charge in [-0.05, 0) is 26.9 Å². The number of hydrogen-bond acceptors (Lipinski definition) is 2. The first-order chi connectivity index (χ1) is 5.68. The molecule has 1 saturated carbocycles. The Morgan fingerprint density at radius 2 is 1.75 bits per heavy atom. The Hall–Kier alpha value is -0.0800. The Morgan fingerprint density at radius 1 is 1.17 bits per heavy atom. The molecule has 0 bridgehead atoms. The number of hydrogen-bond donors (Lipinski definition) is 1. The topological polar surface area (TPSA) is 23.5 Å². The van der Waals surface area contributed by atoms with Gasteiger partial charge in [-0.25, -0.2) is 0 Å². The molecule has 2 heteroatoms. The van der Waals surface area contributed by atoms with Gasteiger partial charge in [0.05, 0.1) is 0 Å². The standard InChI is InChI=1S/C10H21NO/c1-11(2)8-10(9-12)6-4-3-5-7-10/h12H,3-9H2,1-2H3. The van der Waals surface area contributed by atoms with Crippen LogP contribution in [0.1, 0.15) is 32.1 Å². The summed E-state index contributed by atoms with van der Waals surface area (Å²) in [5.41, 5.74) is 0.224. The zero-order valence-corrected chi connectivity index (χ0v) is 8.34. The van der Waals surface area contributed by atoms with E-state index in [1.807, 2.05) is 0 Å². The summed E-state index contributed by atoms with van der Waals surface area (Å²) >= 11 is 0. The molecule has 0 aromatic carbocycles. The summed E-state index contributed by atoms with van der Waals surface area (Å²) in [7, 11) is 4.18. The second kappa shape index (κ2) is 4.24. The largest absolute Gasteiger partial charge is 0.396 e. The molecule has 0 atom stereocenters. The van der Waals surface area contributed by atoms with Crippen LogP contribution in [0.4, 0.5) is 0 Å². The molecule has 0 amide bonds. The first-order valence-electron chi connectivity index (χ1n) is 4.94. The molecule has 0 spiro atoms. The van der Waals surface area contributed by atoms with Gasteiger partial charge >= 0.3 is 0 Å². The van der Waals surface area contributed by atoms with Crippen LogP contribution in [-0.2, 0) is 0 Å². The van der Waals surface area contributed by atoms with E-state index in [1.54, 1.807) is 0 Å². The minimum absolute atomic E-state index is 0.224. The van der Waals surface area contributed by atoms with E-state index in [0.29, 0.717) is 6.61 Å². The molecule has 0 heterocycles. The summed E-state index contributed by atoms with van der Waals surface area (Å²) in [6.07, 6.45) is 6.38. The number of aliphatic hydroxyl groups is 1. The lowest BCUT2D eigenvalue weighted by molar-refractivity contribution is 0.0554. The van der Waals surface area contributed by atoms with Gasteiger partial charge in [0.1, 0.15) is 0 Å². The highest BCUT2D eigenvalue weighted by Gasteiger charge is 2.31. The predicted molar refractivity (Wildman–Crippen MR) is 51.2 cm³/mol. The first-order valence-corrected chi connectivity index (χ1v) is 4.94. The highest BCUT2D eigenvalue weighted by Crippen LogP contribution is 2.35. The fraction of sp³-hybridized carbons (Fsp3) is 1.00. The average molecular weight is 171 g/mol. The van der Waals surface area contributed by atoms with Gasteiger partial charge in [-0.2, -0.15) is 0 Å². The van der Waals surface area contributed by atoms with Gasteiger partial charge < -0.3 is 10.0 Å². The van der Waals surface area contributed by atoms with Crippen molar-refractivity contribution in [2.45, 2.75) is 32.1 Å². The molecular formula is C10H21NO. The van der Waals surface area contributed by atoms with Crippen molar-refractivity contribution in [1.29, 1.82) is 0 Å². The Bertz CT molecular complexity index is 128. The van der Waals surface area contributed by atoms with Crippen LogP contribution in [0.2, 0.25) is 0 Å². The lowest BCUT2D eigenvalue weighted by atomic mass is 9.74. The number of nitrogens with zero attached hydrogens (tertiary/aromatic N) is 1. The van der Waals surface area contributed by atoms with Crippen LogP contribution < -0.4 is 0 Å². The van der Waals surface area contributed by atoms with Crippen molar-refractivity contribution in [1.82, 2.24) is 4.90 Å². The van der Waals surface area contributed by atoms with Crippen molar-refractivity contribution in [2.24, 2.45) is 5.41 Å². The molecule has 1 aliphatic rings. The van der Waals surface area contributed by atoms with Crippen molar-refractivity contribution in [3.8, 4) is 0 Å². The van der Waals surface area contributed by atoms with Crippen molar-refractivity contribution in [3.63, 3.8) is 0 Å². The zero-order valence-electron chi connectivity index (χ0n) is 8.34. The summed E-state index contributed by atoms with van der Waals surface area (Å²) < 4.78 is 0. The molecule has 2 nitrogen and oxygen atoms in total. The number of aliphatic hydroxyl groups excluding tert-OH is 1. The maximum absolute atomic E-state index is 9.36. The quantitative estimate of drug-likeness (QED) is 0.695. The van der Waals surface area contributed by atoms with Crippen molar-refractivity contribution in [2.75, 3.05) is 27.2 Å². The van der Waals surface area contributed by atoms with Gasteiger partial charge in [0, 0.05) is 18.6 Å². The van der Waals surface area contributed by atoms with Crippen LogP contribution >= 0.6 is 0 Å². The van der Waals surface area contributed by atoms with Crippen LogP contribution in [0.15, 0.2) is 0 Å². The number of rotatable bonds is 3. The highest BCUT2D eigenvalue weighted by molar-refractivity contribution is 4.83. The maximum atomic E-state index is 9.36. The predicted octanol–water partition coefficient (Wildman–Crippen LogP) is 1.49. The van der Waals surface area contributed by atoms with Crippen molar-refractivity contribution >= 4 is 0 Å². The van der Waals surface area contributed by atoms with E-state index in [-0.39, 0.29) is 5.41 Å². The van der Waals surface area contributed by atoms with E-state index < -0.39 is 0 Å². The van der Waals surface area contributed by atoms with Crippen LogP contribution in [-0.4, -0.2) is 37.3 Å². The van der Waals surface area contributed by atoms with E-state index in [0.717, 1.165) is 6.54 Å². The second-order valence-corrected chi connectivity index (χ2v) is 4.46. The Labute approximate surface area is 75.6 Å². The SMILES string of the molecule is CN(C)CC1(CO)CCCCC1. The van der Waals surface area contributed by atoms with Crippen molar-refractivity contribution in [3.05, 3.63) is 0 Å². The first kappa shape index (κ1) is 10.0. The summed E-state index contributed by atoms with van der Waals surface area (Å²) in [4.78, 5) is 2.20. The second-order valence-electron chi connectivity index (χ2n) is 4.46. The lowest BCUT2D eigenvalue weighted by Crippen LogP contribution is -2.38. The molecule has 12 heavy (non-hydrogen) atoms. The minimum atomic E-state index is 0.224. The summed E-state index contributed by atoms with van der Waals surface area (Å²) in [5, 5.41) is 9.36. The summed E-state index contributed by atoms with van der Waals surface area (Å²) in [6, 6.07) is 0. The Morgan fingerprint density at radius 3 is 2.17 bits per heavy atom. The Balaban J connectivity index is 2.48. The maximum Gasteiger partial charge on any atom is 0.0499 e. The van der Waals surface area contributed by atoms with Crippen LogP contribution in [0.25, 0.3) is 0 Å². The molecule has 0 aromatic rings. The summed E-state index contributed by atoms with van der Waals surface area (Å²) in [5.74, 6) is 0. The molecule has 1 N–H and O–H groups in total. The van der Waals surface area contributed by atoms with Gasteiger partial charge in [0.25, 0.3) is 0 Å². The van der Waals surface area contributed by atoms with Crippen molar-refractivity contribution < 1.29 is 5.11 Å². The van der Waals surface area contributed by atoms with E-state index >= 15 is 0 Å². The van der Waals surface area contributed by atoms with Gasteiger partial charge in [0.2, 0.25) is 0 Å². The Kier molecular flexibility index (Phi) is 3.53. The summed E-state index contributed by atoms with van der Waals surface area (Å²) in [6.45, 7) is 1.41. The third-order valence-corrected chi connectivity index (χ3v) is 2.90.